The summed E-state index contributed by atoms with van der Waals surface area (Å²) in [5, 5.41) is 121. The van der Waals surface area contributed by atoms with Crippen LogP contribution in [-0.2, 0) is 33.2 Å². The first-order valence-electron chi connectivity index (χ1n) is 48.4. The van der Waals surface area contributed by atoms with Crippen LogP contribution in [0, 0.1) is 0 Å². The number of rotatable bonds is 81. The summed E-state index contributed by atoms with van der Waals surface area (Å²) in [6.45, 7) is 1.83. The standard InChI is InChI=1S/C94H181NO18/c1-3-5-7-9-11-13-15-17-19-21-23-25-27-29-31-32-33-34-35-36-37-38-39-40-41-42-43-44-46-48-50-52-54-56-58-60-62-64-66-68-70-72-82(100)95-77(78(99)71-69-67-65-63-61-59-57-55-53-51-49-47-45-30-28-26-24-22-20-18-16-14-12-10-8-6-4-2)76-108-92-88(106)85(103)90(80(74-97)110-92)113-94-89(107)86(104)91(81(75-98)111-94)112-93-87(105)84(102)83(101)79(73-96)109-93/h69,71,77-81,83-94,96-99,101-107H,3-68,70,72-76H2,1-2H3,(H,95,100)/b71-69+. The maximum atomic E-state index is 13.5. The predicted octanol–water partition coefficient (Wildman–Crippen LogP) is 19.4. The normalized spacial score (nSPS) is 24.8. The first-order chi connectivity index (χ1) is 55.3. The molecular formula is C94H181NO18. The van der Waals surface area contributed by atoms with Crippen LogP contribution in [0.2, 0.25) is 0 Å². The monoisotopic (exact) mass is 1610 g/mol. The molecule has 0 bridgehead atoms. The van der Waals surface area contributed by atoms with Crippen molar-refractivity contribution in [1.82, 2.24) is 5.32 Å². The molecule has 17 atom stereocenters. The molecule has 12 N–H and O–H groups in total. The highest BCUT2D eigenvalue weighted by Crippen LogP contribution is 2.34. The SMILES string of the molecule is CCCCCCCCCCCCCCCCCCCCCCCCCCC/C=C/C(O)C(COC1OC(CO)C(OC2OC(CO)C(OC3OC(CO)C(O)C(O)C3O)C(O)C2O)C(O)C1O)NC(=O)CCCCCCCCCCCCCCCCCCCCCCCCCCCCCCCCCCCCCCCCCCC. The topological polar surface area (TPSA) is 307 Å². The van der Waals surface area contributed by atoms with Crippen LogP contribution in [0.3, 0.4) is 0 Å². The maximum Gasteiger partial charge on any atom is 0.220 e. The molecule has 113 heavy (non-hydrogen) atoms. The number of ether oxygens (including phenoxy) is 6. The zero-order chi connectivity index (χ0) is 81.7. The van der Waals surface area contributed by atoms with Gasteiger partial charge in [-0.05, 0) is 19.3 Å². The quantitative estimate of drug-likeness (QED) is 0.0199. The molecule has 0 aliphatic carbocycles. The van der Waals surface area contributed by atoms with E-state index in [0.29, 0.717) is 6.42 Å². The lowest BCUT2D eigenvalue weighted by molar-refractivity contribution is -0.379. The van der Waals surface area contributed by atoms with Gasteiger partial charge < -0.3 is 89.9 Å². The highest BCUT2D eigenvalue weighted by atomic mass is 16.8. The van der Waals surface area contributed by atoms with Crippen LogP contribution in [0.15, 0.2) is 12.2 Å². The number of nitrogens with one attached hydrogen (secondary N) is 1. The maximum absolute atomic E-state index is 13.5. The third-order valence-corrected chi connectivity index (χ3v) is 24.6. The minimum Gasteiger partial charge on any atom is -0.394 e. The van der Waals surface area contributed by atoms with Crippen molar-refractivity contribution < 1.29 is 89.4 Å². The molecule has 3 saturated heterocycles. The molecule has 3 fully saturated rings. The molecule has 19 heteroatoms. The molecule has 0 spiro atoms. The molecule has 0 radical (unpaired) electrons. The van der Waals surface area contributed by atoms with E-state index >= 15 is 0 Å². The van der Waals surface area contributed by atoms with E-state index in [-0.39, 0.29) is 18.9 Å². The minimum absolute atomic E-state index is 0.251. The van der Waals surface area contributed by atoms with Crippen LogP contribution >= 0.6 is 0 Å². The highest BCUT2D eigenvalue weighted by Gasteiger charge is 2.54. The van der Waals surface area contributed by atoms with Crippen LogP contribution in [0.1, 0.15) is 450 Å². The fourth-order valence-corrected chi connectivity index (χ4v) is 16.9. The van der Waals surface area contributed by atoms with Crippen molar-refractivity contribution in [3.63, 3.8) is 0 Å². The molecule has 0 aromatic heterocycles. The number of allylic oxidation sites excluding steroid dienone is 1. The number of carbonyl (C=O) groups excluding carboxylic acids is 1. The summed E-state index contributed by atoms with van der Waals surface area (Å²) in [4.78, 5) is 13.5. The van der Waals surface area contributed by atoms with E-state index in [9.17, 15) is 61.0 Å². The Morgan fingerprint density at radius 2 is 0.549 bits per heavy atom. The number of hydrogen-bond acceptors (Lipinski definition) is 18. The van der Waals surface area contributed by atoms with Crippen molar-refractivity contribution in [1.29, 1.82) is 0 Å². The van der Waals surface area contributed by atoms with Crippen molar-refractivity contribution >= 4 is 5.91 Å². The number of carbonyl (C=O) groups is 1. The third kappa shape index (κ3) is 52.5. The Morgan fingerprint density at radius 3 is 0.832 bits per heavy atom. The van der Waals surface area contributed by atoms with Gasteiger partial charge in [-0.3, -0.25) is 4.79 Å². The number of hydrogen-bond donors (Lipinski definition) is 12. The second kappa shape index (κ2) is 74.4. The van der Waals surface area contributed by atoms with Crippen molar-refractivity contribution in [2.24, 2.45) is 0 Å². The number of aliphatic hydroxyl groups is 11. The number of aliphatic hydroxyl groups excluding tert-OH is 11. The van der Waals surface area contributed by atoms with Gasteiger partial charge in [0.05, 0.1) is 38.6 Å². The molecule has 3 heterocycles. The summed E-state index contributed by atoms with van der Waals surface area (Å²) in [6, 6.07) is -0.972. The molecule has 670 valence electrons. The van der Waals surface area contributed by atoms with Crippen LogP contribution < -0.4 is 5.32 Å². The minimum atomic E-state index is -1.98. The Hall–Kier alpha value is -1.47. The largest absolute Gasteiger partial charge is 0.394 e. The second-order valence-corrected chi connectivity index (χ2v) is 34.9. The zero-order valence-electron chi connectivity index (χ0n) is 72.7. The van der Waals surface area contributed by atoms with E-state index in [2.05, 4.69) is 19.2 Å². The van der Waals surface area contributed by atoms with Gasteiger partial charge in [0.1, 0.15) is 73.2 Å². The van der Waals surface area contributed by atoms with Crippen LogP contribution in [0.5, 0.6) is 0 Å². The van der Waals surface area contributed by atoms with Gasteiger partial charge in [-0.25, -0.2) is 0 Å². The molecule has 3 rings (SSSR count). The van der Waals surface area contributed by atoms with Crippen molar-refractivity contribution in [3.8, 4) is 0 Å². The summed E-state index contributed by atoms with van der Waals surface area (Å²) < 4.78 is 34.6. The van der Waals surface area contributed by atoms with Crippen molar-refractivity contribution in [3.05, 3.63) is 12.2 Å². The lowest BCUT2D eigenvalue weighted by Gasteiger charge is -2.48. The van der Waals surface area contributed by atoms with E-state index in [1.807, 2.05) is 6.08 Å². The lowest BCUT2D eigenvalue weighted by Crippen LogP contribution is -2.66. The van der Waals surface area contributed by atoms with E-state index in [4.69, 9.17) is 28.4 Å². The fourth-order valence-electron chi connectivity index (χ4n) is 16.9. The molecular weight excluding hydrogens is 1430 g/mol. The van der Waals surface area contributed by atoms with Crippen LogP contribution in [0.25, 0.3) is 0 Å². The molecule has 0 aromatic carbocycles. The van der Waals surface area contributed by atoms with E-state index < -0.39 is 124 Å². The lowest BCUT2D eigenvalue weighted by atomic mass is 9.96. The molecule has 17 unspecified atom stereocenters. The predicted molar refractivity (Wildman–Crippen MR) is 457 cm³/mol. The number of unbranched alkanes of at least 4 members (excludes halogenated alkanes) is 65. The number of amides is 1. The molecule has 19 nitrogen and oxygen atoms in total. The van der Waals surface area contributed by atoms with Gasteiger partial charge in [0, 0.05) is 6.42 Å². The highest BCUT2D eigenvalue weighted by molar-refractivity contribution is 5.76. The van der Waals surface area contributed by atoms with E-state index in [1.165, 1.54) is 379 Å². The third-order valence-electron chi connectivity index (χ3n) is 24.6. The Bertz CT molecular complexity index is 2080. The molecule has 1 amide bonds. The van der Waals surface area contributed by atoms with Gasteiger partial charge in [0.2, 0.25) is 5.91 Å². The first-order valence-corrected chi connectivity index (χ1v) is 48.4. The summed E-state index contributed by atoms with van der Waals surface area (Å²) in [5.41, 5.74) is 0. The summed E-state index contributed by atoms with van der Waals surface area (Å²) in [7, 11) is 0. The van der Waals surface area contributed by atoms with Gasteiger partial charge in [-0.15, -0.1) is 0 Å². The molecule has 0 saturated carbocycles. The Kier molecular flexibility index (Phi) is 69.6. The Labute approximate surface area is 690 Å². The van der Waals surface area contributed by atoms with Gasteiger partial charge in [0.25, 0.3) is 0 Å². The van der Waals surface area contributed by atoms with E-state index in [0.717, 1.165) is 44.9 Å². The zero-order valence-corrected chi connectivity index (χ0v) is 72.7. The van der Waals surface area contributed by atoms with Gasteiger partial charge >= 0.3 is 0 Å². The van der Waals surface area contributed by atoms with Gasteiger partial charge in [0.15, 0.2) is 18.9 Å². The Morgan fingerprint density at radius 1 is 0.310 bits per heavy atom. The fraction of sp³-hybridized carbons (Fsp3) is 0.968. The molecule has 3 aliphatic rings. The first kappa shape index (κ1) is 106. The second-order valence-electron chi connectivity index (χ2n) is 34.9. The van der Waals surface area contributed by atoms with Crippen LogP contribution in [0.4, 0.5) is 0 Å². The average molecular weight is 1610 g/mol. The van der Waals surface area contributed by atoms with Crippen molar-refractivity contribution in [2.75, 3.05) is 26.4 Å². The molecule has 0 aromatic rings. The molecule has 3 aliphatic heterocycles. The smallest absolute Gasteiger partial charge is 0.220 e. The Balaban J connectivity index is 1.28. The summed E-state index contributed by atoms with van der Waals surface area (Å²) >= 11 is 0. The van der Waals surface area contributed by atoms with Gasteiger partial charge in [-0.1, -0.05) is 437 Å². The van der Waals surface area contributed by atoms with Gasteiger partial charge in [-0.2, -0.15) is 0 Å². The average Bonchev–Trinajstić information content (AvgIpc) is 0.780. The van der Waals surface area contributed by atoms with Crippen molar-refractivity contribution in [2.45, 2.75) is 555 Å². The van der Waals surface area contributed by atoms with Crippen LogP contribution in [-0.4, -0.2) is 193 Å². The van der Waals surface area contributed by atoms with E-state index in [1.54, 1.807) is 6.08 Å². The summed E-state index contributed by atoms with van der Waals surface area (Å²) in [6.07, 6.45) is 66.9. The summed E-state index contributed by atoms with van der Waals surface area (Å²) in [5.74, 6) is -0.264.